The molecule has 0 aliphatic carbocycles. The number of aromatic nitrogens is 2. The molecule has 0 aliphatic heterocycles. The number of amides is 1. The van der Waals surface area contributed by atoms with E-state index in [-0.39, 0.29) is 11.4 Å². The number of carbonyl (C=O) groups is 1. The van der Waals surface area contributed by atoms with Crippen molar-refractivity contribution in [1.82, 2.24) is 15.3 Å². The van der Waals surface area contributed by atoms with Gasteiger partial charge in [0, 0.05) is 39.6 Å². The molecule has 4 nitrogen and oxygen atoms in total. The Balaban J connectivity index is 2.15. The van der Waals surface area contributed by atoms with Gasteiger partial charge < -0.3 is 5.32 Å². The van der Waals surface area contributed by atoms with E-state index in [4.69, 9.17) is 16.6 Å². The number of nitrogens with one attached hydrogen (secondary N) is 1. The zero-order chi connectivity index (χ0) is 19.6. The molecule has 0 bridgehead atoms. The van der Waals surface area contributed by atoms with Gasteiger partial charge in [-0.05, 0) is 63.6 Å². The highest BCUT2D eigenvalue weighted by Gasteiger charge is 2.18. The van der Waals surface area contributed by atoms with Gasteiger partial charge in [0.2, 0.25) is 0 Å². The molecule has 5 heteroatoms. The molecule has 0 spiro atoms. The summed E-state index contributed by atoms with van der Waals surface area (Å²) in [6.07, 6.45) is 3.52. The third-order valence-corrected chi connectivity index (χ3v) is 4.28. The van der Waals surface area contributed by atoms with Crippen LogP contribution in [0.1, 0.15) is 36.7 Å². The van der Waals surface area contributed by atoms with Gasteiger partial charge in [-0.15, -0.1) is 0 Å². The van der Waals surface area contributed by atoms with Gasteiger partial charge in [-0.2, -0.15) is 0 Å². The van der Waals surface area contributed by atoms with Gasteiger partial charge in [0.1, 0.15) is 0 Å². The van der Waals surface area contributed by atoms with Crippen molar-refractivity contribution < 1.29 is 4.79 Å². The number of aryl methyl sites for hydroxylation is 1. The summed E-state index contributed by atoms with van der Waals surface area (Å²) in [6.45, 7) is 7.87. The van der Waals surface area contributed by atoms with Crippen molar-refractivity contribution in [3.8, 4) is 22.5 Å². The molecule has 0 saturated carbocycles. The molecule has 0 radical (unpaired) electrons. The molecular formula is C22H22ClN3O. The highest BCUT2D eigenvalue weighted by Crippen LogP contribution is 2.27. The molecule has 1 amide bonds. The second kappa shape index (κ2) is 7.49. The van der Waals surface area contributed by atoms with E-state index in [9.17, 15) is 4.79 Å². The molecule has 0 atom stereocenters. The summed E-state index contributed by atoms with van der Waals surface area (Å²) in [4.78, 5) is 21.8. The van der Waals surface area contributed by atoms with Crippen molar-refractivity contribution >= 4 is 17.5 Å². The van der Waals surface area contributed by atoms with Crippen LogP contribution < -0.4 is 5.32 Å². The first-order chi connectivity index (χ1) is 12.7. The van der Waals surface area contributed by atoms with Crippen molar-refractivity contribution in [2.24, 2.45) is 0 Å². The monoisotopic (exact) mass is 379 g/mol. The smallest absolute Gasteiger partial charge is 0.251 e. The molecule has 0 aliphatic rings. The second-order valence-electron chi connectivity index (χ2n) is 7.53. The fourth-order valence-corrected chi connectivity index (χ4v) is 2.84. The predicted molar refractivity (Wildman–Crippen MR) is 110 cm³/mol. The molecule has 2 heterocycles. The van der Waals surface area contributed by atoms with Crippen LogP contribution in [0.25, 0.3) is 22.5 Å². The standard InChI is InChI=1S/C22H22ClN3O/c1-14-9-10-24-13-18(14)20-12-16(21(27)26-22(2,3)4)11-19(25-20)15-5-7-17(23)8-6-15/h5-13H,1-4H3,(H,26,27). The summed E-state index contributed by atoms with van der Waals surface area (Å²) in [7, 11) is 0. The van der Waals surface area contributed by atoms with Crippen LogP contribution in [-0.2, 0) is 0 Å². The topological polar surface area (TPSA) is 54.9 Å². The van der Waals surface area contributed by atoms with Crippen LogP contribution in [-0.4, -0.2) is 21.4 Å². The molecule has 3 aromatic rings. The van der Waals surface area contributed by atoms with Crippen LogP contribution in [0.15, 0.2) is 54.9 Å². The quantitative estimate of drug-likeness (QED) is 0.671. The van der Waals surface area contributed by atoms with E-state index in [1.165, 1.54) is 0 Å². The number of pyridine rings is 2. The van der Waals surface area contributed by atoms with Crippen molar-refractivity contribution in [1.29, 1.82) is 0 Å². The van der Waals surface area contributed by atoms with Crippen LogP contribution >= 0.6 is 11.6 Å². The van der Waals surface area contributed by atoms with Crippen molar-refractivity contribution in [3.05, 3.63) is 71.0 Å². The second-order valence-corrected chi connectivity index (χ2v) is 7.96. The minimum atomic E-state index is -0.328. The lowest BCUT2D eigenvalue weighted by Crippen LogP contribution is -2.40. The van der Waals surface area contributed by atoms with E-state index in [1.54, 1.807) is 18.5 Å². The van der Waals surface area contributed by atoms with Crippen LogP contribution in [0.3, 0.4) is 0 Å². The number of nitrogens with zero attached hydrogens (tertiary/aromatic N) is 2. The molecule has 0 saturated heterocycles. The average Bonchev–Trinajstić information content (AvgIpc) is 2.61. The van der Waals surface area contributed by atoms with Gasteiger partial charge in [0.25, 0.3) is 5.91 Å². The van der Waals surface area contributed by atoms with Gasteiger partial charge in [-0.1, -0.05) is 23.7 Å². The van der Waals surface area contributed by atoms with Gasteiger partial charge in [0.05, 0.1) is 11.4 Å². The third kappa shape index (κ3) is 4.72. The van der Waals surface area contributed by atoms with Gasteiger partial charge >= 0.3 is 0 Å². The highest BCUT2D eigenvalue weighted by atomic mass is 35.5. The lowest BCUT2D eigenvalue weighted by atomic mass is 10.0. The summed E-state index contributed by atoms with van der Waals surface area (Å²) in [6, 6.07) is 13.0. The van der Waals surface area contributed by atoms with Crippen molar-refractivity contribution in [2.75, 3.05) is 0 Å². The fourth-order valence-electron chi connectivity index (χ4n) is 2.71. The maximum absolute atomic E-state index is 12.8. The van der Waals surface area contributed by atoms with E-state index in [2.05, 4.69) is 10.3 Å². The molecule has 3 rings (SSSR count). The molecule has 0 fully saturated rings. The van der Waals surface area contributed by atoms with Crippen LogP contribution in [0.5, 0.6) is 0 Å². The number of benzene rings is 1. The SMILES string of the molecule is Cc1ccncc1-c1cc(C(=O)NC(C)(C)C)cc(-c2ccc(Cl)cc2)n1. The maximum atomic E-state index is 12.8. The number of hydrogen-bond donors (Lipinski definition) is 1. The highest BCUT2D eigenvalue weighted by molar-refractivity contribution is 6.30. The van der Waals surface area contributed by atoms with Crippen molar-refractivity contribution in [3.63, 3.8) is 0 Å². The van der Waals surface area contributed by atoms with Gasteiger partial charge in [0.15, 0.2) is 0 Å². The van der Waals surface area contributed by atoms with Crippen molar-refractivity contribution in [2.45, 2.75) is 33.2 Å². The number of carbonyl (C=O) groups excluding carboxylic acids is 1. The molecule has 27 heavy (non-hydrogen) atoms. The first kappa shape index (κ1) is 19.1. The largest absolute Gasteiger partial charge is 0.347 e. The van der Waals surface area contributed by atoms with Gasteiger partial charge in [-0.3, -0.25) is 9.78 Å². The lowest BCUT2D eigenvalue weighted by Gasteiger charge is -2.21. The van der Waals surface area contributed by atoms with E-state index in [0.717, 1.165) is 16.7 Å². The molecule has 0 unspecified atom stereocenters. The predicted octanol–water partition coefficient (Wildman–Crippen LogP) is 5.30. The van der Waals surface area contributed by atoms with Crippen LogP contribution in [0.2, 0.25) is 5.02 Å². The normalized spacial score (nSPS) is 11.3. The molecular weight excluding hydrogens is 358 g/mol. The summed E-state index contributed by atoms with van der Waals surface area (Å²) < 4.78 is 0. The third-order valence-electron chi connectivity index (χ3n) is 4.03. The summed E-state index contributed by atoms with van der Waals surface area (Å²) in [5, 5.41) is 3.67. The summed E-state index contributed by atoms with van der Waals surface area (Å²) >= 11 is 6.01. The van der Waals surface area contributed by atoms with Gasteiger partial charge in [-0.25, -0.2) is 4.98 Å². The summed E-state index contributed by atoms with van der Waals surface area (Å²) in [5.41, 5.74) is 4.51. The van der Waals surface area contributed by atoms with Crippen LogP contribution in [0.4, 0.5) is 0 Å². The Kier molecular flexibility index (Phi) is 5.29. The average molecular weight is 380 g/mol. The first-order valence-corrected chi connectivity index (χ1v) is 9.12. The van der Waals surface area contributed by atoms with E-state index in [1.807, 2.05) is 64.1 Å². The Hall–Kier alpha value is -2.72. The first-order valence-electron chi connectivity index (χ1n) is 8.74. The zero-order valence-electron chi connectivity index (χ0n) is 15.9. The van der Waals surface area contributed by atoms with E-state index < -0.39 is 0 Å². The Labute approximate surface area is 164 Å². The number of hydrogen-bond acceptors (Lipinski definition) is 3. The Morgan fingerprint density at radius 2 is 1.70 bits per heavy atom. The zero-order valence-corrected chi connectivity index (χ0v) is 16.6. The number of halogens is 1. The molecule has 2 aromatic heterocycles. The Bertz CT molecular complexity index is 976. The fraction of sp³-hybridized carbons (Fsp3) is 0.227. The van der Waals surface area contributed by atoms with E-state index in [0.29, 0.717) is 22.0 Å². The molecule has 138 valence electrons. The molecule has 1 aromatic carbocycles. The maximum Gasteiger partial charge on any atom is 0.251 e. The lowest BCUT2D eigenvalue weighted by molar-refractivity contribution is 0.0919. The summed E-state index contributed by atoms with van der Waals surface area (Å²) in [5.74, 6) is -0.136. The minimum Gasteiger partial charge on any atom is -0.347 e. The van der Waals surface area contributed by atoms with Crippen LogP contribution in [0, 0.1) is 6.92 Å². The minimum absolute atomic E-state index is 0.136. The Morgan fingerprint density at radius 1 is 1.04 bits per heavy atom. The van der Waals surface area contributed by atoms with E-state index >= 15 is 0 Å². The number of rotatable bonds is 3. The molecule has 1 N–H and O–H groups in total. The Morgan fingerprint density at radius 3 is 2.33 bits per heavy atom.